The highest BCUT2D eigenvalue weighted by molar-refractivity contribution is 6.39. The van der Waals surface area contributed by atoms with E-state index in [1.807, 2.05) is 0 Å². The summed E-state index contributed by atoms with van der Waals surface area (Å²) in [6, 6.07) is 4.67. The molecule has 4 nitrogen and oxygen atoms in total. The van der Waals surface area contributed by atoms with Crippen LogP contribution in [0.25, 0.3) is 0 Å². The lowest BCUT2D eigenvalue weighted by atomic mass is 10.2. The third-order valence-corrected chi connectivity index (χ3v) is 2.62. The predicted octanol–water partition coefficient (Wildman–Crippen LogP) is 2.24. The van der Waals surface area contributed by atoms with Gasteiger partial charge >= 0.3 is 5.97 Å². The lowest BCUT2D eigenvalue weighted by Gasteiger charge is -2.11. The second kappa shape index (κ2) is 5.89. The minimum atomic E-state index is -0.712. The van der Waals surface area contributed by atoms with E-state index < -0.39 is 5.97 Å². The molecule has 0 aliphatic rings. The van der Waals surface area contributed by atoms with Gasteiger partial charge in [-0.2, -0.15) is 0 Å². The zero-order valence-electron chi connectivity index (χ0n) is 9.37. The van der Waals surface area contributed by atoms with E-state index in [1.54, 1.807) is 20.2 Å². The number of amides is 1. The number of likely N-dealkylation sites (N-methyl/N-ethyl adjacent to an activating group) is 1. The maximum Gasteiger partial charge on any atom is 0.341 e. The van der Waals surface area contributed by atoms with Gasteiger partial charge in [0.25, 0.3) is 5.91 Å². The zero-order chi connectivity index (χ0) is 13.0. The van der Waals surface area contributed by atoms with Gasteiger partial charge in [0.1, 0.15) is 0 Å². The SMILES string of the molecule is CN(C)C(=O)COC(=O)c1c(Cl)cccc1Cl. The molecule has 0 heterocycles. The Kier molecular flexibility index (Phi) is 4.78. The first-order valence-corrected chi connectivity index (χ1v) is 5.50. The van der Waals surface area contributed by atoms with Gasteiger partial charge in [-0.25, -0.2) is 4.79 Å². The standard InChI is InChI=1S/C11H11Cl2NO3/c1-14(2)9(15)6-17-11(16)10-7(12)4-3-5-8(10)13/h3-5H,6H2,1-2H3. The van der Waals surface area contributed by atoms with Crippen LogP contribution in [0.4, 0.5) is 0 Å². The van der Waals surface area contributed by atoms with Crippen LogP contribution in [-0.2, 0) is 9.53 Å². The number of esters is 1. The lowest BCUT2D eigenvalue weighted by Crippen LogP contribution is -2.27. The Morgan fingerprint density at radius 1 is 1.24 bits per heavy atom. The molecular weight excluding hydrogens is 265 g/mol. The van der Waals surface area contributed by atoms with Crippen LogP contribution in [0.1, 0.15) is 10.4 Å². The normalized spacial score (nSPS) is 9.88. The Bertz CT molecular complexity index is 426. The van der Waals surface area contributed by atoms with E-state index in [0.29, 0.717) is 0 Å². The van der Waals surface area contributed by atoms with E-state index in [9.17, 15) is 9.59 Å². The van der Waals surface area contributed by atoms with Gasteiger partial charge in [0.05, 0.1) is 15.6 Å². The highest BCUT2D eigenvalue weighted by Gasteiger charge is 2.17. The molecule has 0 aromatic heterocycles. The number of nitrogens with zero attached hydrogens (tertiary/aromatic N) is 1. The number of ether oxygens (including phenoxy) is 1. The maximum atomic E-state index is 11.7. The number of carbonyl (C=O) groups excluding carboxylic acids is 2. The van der Waals surface area contributed by atoms with E-state index in [-0.39, 0.29) is 28.1 Å². The van der Waals surface area contributed by atoms with E-state index in [4.69, 9.17) is 27.9 Å². The molecule has 0 N–H and O–H groups in total. The molecule has 6 heteroatoms. The van der Waals surface area contributed by atoms with Crippen molar-refractivity contribution in [2.45, 2.75) is 0 Å². The fourth-order valence-corrected chi connectivity index (χ4v) is 1.57. The molecule has 92 valence electrons. The minimum absolute atomic E-state index is 0.0717. The van der Waals surface area contributed by atoms with E-state index >= 15 is 0 Å². The summed E-state index contributed by atoms with van der Waals surface area (Å²) >= 11 is 11.6. The van der Waals surface area contributed by atoms with Crippen LogP contribution in [-0.4, -0.2) is 37.5 Å². The average molecular weight is 276 g/mol. The van der Waals surface area contributed by atoms with Gasteiger partial charge in [-0.05, 0) is 12.1 Å². The molecule has 0 radical (unpaired) electrons. The van der Waals surface area contributed by atoms with Gasteiger partial charge in [-0.15, -0.1) is 0 Å². The van der Waals surface area contributed by atoms with Crippen LogP contribution in [0.3, 0.4) is 0 Å². The maximum absolute atomic E-state index is 11.7. The number of carbonyl (C=O) groups is 2. The quantitative estimate of drug-likeness (QED) is 0.795. The van der Waals surface area contributed by atoms with Crippen molar-refractivity contribution >= 4 is 35.1 Å². The first-order chi connectivity index (χ1) is 7.93. The van der Waals surface area contributed by atoms with Gasteiger partial charge in [-0.1, -0.05) is 29.3 Å². The number of hydrogen-bond acceptors (Lipinski definition) is 3. The molecule has 0 fully saturated rings. The molecule has 0 bridgehead atoms. The minimum Gasteiger partial charge on any atom is -0.452 e. The van der Waals surface area contributed by atoms with Gasteiger partial charge in [0.2, 0.25) is 0 Å². The van der Waals surface area contributed by atoms with Crippen molar-refractivity contribution < 1.29 is 14.3 Å². The third kappa shape index (κ3) is 3.61. The van der Waals surface area contributed by atoms with E-state index in [2.05, 4.69) is 0 Å². The lowest BCUT2D eigenvalue weighted by molar-refractivity contribution is -0.131. The first-order valence-electron chi connectivity index (χ1n) is 4.74. The van der Waals surface area contributed by atoms with Gasteiger partial charge < -0.3 is 9.64 Å². The summed E-state index contributed by atoms with van der Waals surface area (Å²) in [6.07, 6.45) is 0. The first kappa shape index (κ1) is 13.8. The van der Waals surface area contributed by atoms with Crippen molar-refractivity contribution in [3.63, 3.8) is 0 Å². The van der Waals surface area contributed by atoms with Crippen molar-refractivity contribution in [2.24, 2.45) is 0 Å². The molecule has 0 spiro atoms. The summed E-state index contributed by atoms with van der Waals surface area (Å²) in [5.74, 6) is -1.03. The van der Waals surface area contributed by atoms with Crippen molar-refractivity contribution in [3.8, 4) is 0 Å². The fourth-order valence-electron chi connectivity index (χ4n) is 1.02. The number of benzene rings is 1. The fraction of sp³-hybridized carbons (Fsp3) is 0.273. The Balaban J connectivity index is 2.74. The van der Waals surface area contributed by atoms with Gasteiger partial charge in [-0.3, -0.25) is 4.79 Å². The Morgan fingerprint density at radius 2 is 1.76 bits per heavy atom. The summed E-state index contributed by atoms with van der Waals surface area (Å²) in [6.45, 7) is -0.340. The van der Waals surface area contributed by atoms with Crippen LogP contribution >= 0.6 is 23.2 Å². The van der Waals surface area contributed by atoms with Crippen LogP contribution in [0.15, 0.2) is 18.2 Å². The molecule has 1 aromatic rings. The van der Waals surface area contributed by atoms with Crippen LogP contribution < -0.4 is 0 Å². The number of halogens is 2. The highest BCUT2D eigenvalue weighted by Crippen LogP contribution is 2.24. The van der Waals surface area contributed by atoms with Crippen LogP contribution in [0, 0.1) is 0 Å². The van der Waals surface area contributed by atoms with E-state index in [1.165, 1.54) is 17.0 Å². The molecule has 1 rings (SSSR count). The Labute approximate surface area is 109 Å². The van der Waals surface area contributed by atoms with E-state index in [0.717, 1.165) is 0 Å². The molecule has 17 heavy (non-hydrogen) atoms. The molecule has 1 aromatic carbocycles. The molecule has 0 saturated carbocycles. The predicted molar refractivity (Wildman–Crippen MR) is 65.4 cm³/mol. The summed E-state index contributed by atoms with van der Waals surface area (Å²) in [4.78, 5) is 24.2. The summed E-state index contributed by atoms with van der Waals surface area (Å²) in [5.41, 5.74) is 0.0717. The smallest absolute Gasteiger partial charge is 0.341 e. The Morgan fingerprint density at radius 3 is 2.24 bits per heavy atom. The van der Waals surface area contributed by atoms with Crippen molar-refractivity contribution in [3.05, 3.63) is 33.8 Å². The molecule has 1 amide bonds. The molecule has 0 aliphatic heterocycles. The average Bonchev–Trinajstić information content (AvgIpc) is 2.25. The largest absolute Gasteiger partial charge is 0.452 e. The molecular formula is C11H11Cl2NO3. The van der Waals surface area contributed by atoms with Crippen molar-refractivity contribution in [1.29, 1.82) is 0 Å². The third-order valence-electron chi connectivity index (χ3n) is 1.99. The molecule has 0 saturated heterocycles. The molecule has 0 atom stereocenters. The molecule has 0 aliphatic carbocycles. The van der Waals surface area contributed by atoms with Crippen molar-refractivity contribution in [2.75, 3.05) is 20.7 Å². The van der Waals surface area contributed by atoms with Crippen LogP contribution in [0.2, 0.25) is 10.0 Å². The van der Waals surface area contributed by atoms with Gasteiger partial charge in [0, 0.05) is 14.1 Å². The van der Waals surface area contributed by atoms with Crippen molar-refractivity contribution in [1.82, 2.24) is 4.90 Å². The number of hydrogen-bond donors (Lipinski definition) is 0. The number of rotatable bonds is 3. The monoisotopic (exact) mass is 275 g/mol. The topological polar surface area (TPSA) is 46.6 Å². The highest BCUT2D eigenvalue weighted by atomic mass is 35.5. The zero-order valence-corrected chi connectivity index (χ0v) is 10.9. The second-order valence-electron chi connectivity index (χ2n) is 3.46. The summed E-state index contributed by atoms with van der Waals surface area (Å²) in [7, 11) is 3.14. The second-order valence-corrected chi connectivity index (χ2v) is 4.28. The summed E-state index contributed by atoms with van der Waals surface area (Å²) < 4.78 is 4.81. The van der Waals surface area contributed by atoms with Crippen LogP contribution in [0.5, 0.6) is 0 Å². The molecule has 0 unspecified atom stereocenters. The Hall–Kier alpha value is -1.26. The summed E-state index contributed by atoms with van der Waals surface area (Å²) in [5, 5.41) is 0.389. The van der Waals surface area contributed by atoms with Gasteiger partial charge in [0.15, 0.2) is 6.61 Å².